The Morgan fingerprint density at radius 3 is 1.27 bits per heavy atom. The van der Waals surface area contributed by atoms with E-state index in [1.807, 2.05) is 0 Å². The van der Waals surface area contributed by atoms with Gasteiger partial charge in [0.05, 0.1) is 25.2 Å². The van der Waals surface area contributed by atoms with Crippen molar-refractivity contribution in [1.82, 2.24) is 5.32 Å². The molecule has 0 rings (SSSR count). The summed E-state index contributed by atoms with van der Waals surface area (Å²) in [7, 11) is 0. The van der Waals surface area contributed by atoms with Crippen molar-refractivity contribution in [3.63, 3.8) is 0 Å². The van der Waals surface area contributed by atoms with Crippen LogP contribution in [0.15, 0.2) is 97.2 Å². The van der Waals surface area contributed by atoms with Gasteiger partial charge >= 0.3 is 5.97 Å². The predicted octanol–water partition coefficient (Wildman–Crippen LogP) is 17.3. The smallest absolute Gasteiger partial charge is 0.306 e. The van der Waals surface area contributed by atoms with E-state index in [1.54, 1.807) is 0 Å². The van der Waals surface area contributed by atoms with Gasteiger partial charge in [0, 0.05) is 6.42 Å². The van der Waals surface area contributed by atoms with Gasteiger partial charge in [-0.15, -0.1) is 0 Å². The Labute approximate surface area is 414 Å². The fourth-order valence-corrected chi connectivity index (χ4v) is 7.94. The lowest BCUT2D eigenvalue weighted by Gasteiger charge is -2.24. The molecule has 0 aromatic rings. The lowest BCUT2D eigenvalue weighted by molar-refractivity contribution is -0.151. The molecule has 1 amide bonds. The molecule has 3 atom stereocenters. The normalized spacial score (nSPS) is 13.9. The first-order valence-electron chi connectivity index (χ1n) is 28.0. The third-order valence-corrected chi connectivity index (χ3v) is 12.1. The van der Waals surface area contributed by atoms with Crippen LogP contribution in [0.5, 0.6) is 0 Å². The fraction of sp³-hybridized carbons (Fsp3) is 0.705. The van der Waals surface area contributed by atoms with Crippen LogP contribution in [0.1, 0.15) is 252 Å². The number of unbranched alkanes of at least 4 members (excludes halogenated alkanes) is 21. The van der Waals surface area contributed by atoms with Gasteiger partial charge in [-0.3, -0.25) is 9.59 Å². The molecule has 0 aliphatic carbocycles. The summed E-state index contributed by atoms with van der Waals surface area (Å²) in [6, 6.07) is -0.732. The minimum absolute atomic E-state index is 0.0222. The van der Waals surface area contributed by atoms with Crippen LogP contribution in [-0.2, 0) is 14.3 Å². The molecule has 0 heterocycles. The monoisotopic (exact) mass is 932 g/mol. The average Bonchev–Trinajstić information content (AvgIpc) is 3.32. The lowest BCUT2D eigenvalue weighted by atomic mass is 10.0. The third-order valence-electron chi connectivity index (χ3n) is 12.1. The van der Waals surface area contributed by atoms with Crippen molar-refractivity contribution in [1.29, 1.82) is 0 Å². The van der Waals surface area contributed by atoms with E-state index < -0.39 is 18.2 Å². The summed E-state index contributed by atoms with van der Waals surface area (Å²) in [5.74, 6) is -0.568. The first-order chi connectivity index (χ1) is 33.0. The number of aliphatic hydroxyl groups is 2. The van der Waals surface area contributed by atoms with Gasteiger partial charge in [0.25, 0.3) is 0 Å². The summed E-state index contributed by atoms with van der Waals surface area (Å²) >= 11 is 0. The number of rotatable bonds is 49. The minimum atomic E-state index is -0.814. The van der Waals surface area contributed by atoms with Crippen LogP contribution in [0.4, 0.5) is 0 Å². The second kappa shape index (κ2) is 53.7. The lowest BCUT2D eigenvalue weighted by Crippen LogP contribution is -2.46. The maximum absolute atomic E-state index is 13.3. The highest BCUT2D eigenvalue weighted by Gasteiger charge is 2.24. The molecule has 0 aliphatic heterocycles. The van der Waals surface area contributed by atoms with E-state index in [-0.39, 0.29) is 24.9 Å². The molecule has 0 saturated carbocycles. The molecular formula is C61H105NO5. The van der Waals surface area contributed by atoms with E-state index in [9.17, 15) is 19.8 Å². The summed E-state index contributed by atoms with van der Waals surface area (Å²) < 4.78 is 5.91. The molecule has 3 N–H and O–H groups in total. The highest BCUT2D eigenvalue weighted by atomic mass is 16.5. The Hall–Kier alpha value is -3.22. The summed E-state index contributed by atoms with van der Waals surface area (Å²) in [4.78, 5) is 26.2. The zero-order valence-corrected chi connectivity index (χ0v) is 43.8. The Balaban J connectivity index is 4.74. The van der Waals surface area contributed by atoms with Gasteiger partial charge in [0.1, 0.15) is 6.10 Å². The molecule has 6 nitrogen and oxygen atoms in total. The molecule has 0 saturated heterocycles. The number of allylic oxidation sites excluding steroid dienone is 16. The largest absolute Gasteiger partial charge is 0.462 e. The van der Waals surface area contributed by atoms with E-state index in [1.165, 1.54) is 103 Å². The highest BCUT2D eigenvalue weighted by molar-refractivity contribution is 5.77. The van der Waals surface area contributed by atoms with Crippen LogP contribution in [-0.4, -0.2) is 46.9 Å². The average molecular weight is 933 g/mol. The molecule has 0 radical (unpaired) electrons. The topological polar surface area (TPSA) is 95.9 Å². The van der Waals surface area contributed by atoms with Crippen LogP contribution in [0.2, 0.25) is 0 Å². The second-order valence-corrected chi connectivity index (χ2v) is 18.6. The van der Waals surface area contributed by atoms with E-state index in [0.717, 1.165) is 103 Å². The Morgan fingerprint density at radius 1 is 0.448 bits per heavy atom. The van der Waals surface area contributed by atoms with Crippen LogP contribution in [0.3, 0.4) is 0 Å². The Morgan fingerprint density at radius 2 is 0.821 bits per heavy atom. The van der Waals surface area contributed by atoms with E-state index >= 15 is 0 Å². The Kier molecular flexibility index (Phi) is 51.1. The van der Waals surface area contributed by atoms with Gasteiger partial charge < -0.3 is 20.3 Å². The van der Waals surface area contributed by atoms with Crippen molar-refractivity contribution in [3.8, 4) is 0 Å². The van der Waals surface area contributed by atoms with Gasteiger partial charge in [-0.05, 0) is 103 Å². The van der Waals surface area contributed by atoms with E-state index in [4.69, 9.17) is 4.74 Å². The number of hydrogen-bond acceptors (Lipinski definition) is 5. The zero-order valence-electron chi connectivity index (χ0n) is 43.8. The first kappa shape index (κ1) is 63.8. The number of nitrogens with one attached hydrogen (secondary N) is 1. The molecule has 0 aromatic heterocycles. The fourth-order valence-electron chi connectivity index (χ4n) is 7.94. The van der Waals surface area contributed by atoms with E-state index in [2.05, 4.69) is 123 Å². The van der Waals surface area contributed by atoms with Crippen molar-refractivity contribution >= 4 is 11.9 Å². The number of carbonyl (C=O) groups excluding carboxylic acids is 2. The molecule has 67 heavy (non-hydrogen) atoms. The SMILES string of the molecule is CC/C=C/C/C=C/C/C=C/C/C=C/CCCCCC(=O)OC(CCC/C=C\C/C=C\C/C=C\C/C=C\CCCCC)CC(=O)NC(CO)C(O)CCCCCCCCCCCCCCCCC. The molecule has 0 aromatic carbocycles. The molecule has 3 unspecified atom stereocenters. The molecule has 6 heteroatoms. The third kappa shape index (κ3) is 49.0. The number of amides is 1. The van der Waals surface area contributed by atoms with Crippen LogP contribution < -0.4 is 5.32 Å². The Bertz CT molecular complexity index is 1320. The molecule has 0 fully saturated rings. The van der Waals surface area contributed by atoms with Gasteiger partial charge in [0.2, 0.25) is 5.91 Å². The molecule has 0 bridgehead atoms. The highest BCUT2D eigenvalue weighted by Crippen LogP contribution is 2.17. The van der Waals surface area contributed by atoms with Gasteiger partial charge in [-0.25, -0.2) is 0 Å². The molecule has 0 aliphatic rings. The predicted molar refractivity (Wildman–Crippen MR) is 291 cm³/mol. The standard InChI is InChI=1S/C61H105NO5/c1-4-7-10-13-16-19-22-25-28-30-32-34-37-40-43-46-49-52-57(67-61(66)54-51-48-45-42-39-36-33-29-26-23-20-17-14-11-8-5-2)55-60(65)62-58(56-63)59(64)53-50-47-44-41-38-35-31-27-24-21-18-15-12-9-6-3/h8,11,16-17,19-20,25-26,28-29,32,34,36,39-40,43,57-59,63-64H,4-7,9-10,12-15,18,21-24,27,30-31,33,35,37-38,41-42,44-56H2,1-3H3,(H,62,65)/b11-8+,19-16-,20-17+,28-25-,29-26+,34-32-,39-36+,43-40-. The number of aliphatic hydroxyl groups excluding tert-OH is 2. The number of esters is 1. The summed E-state index contributed by atoms with van der Waals surface area (Å²) in [6.45, 7) is 6.33. The second-order valence-electron chi connectivity index (χ2n) is 18.6. The van der Waals surface area contributed by atoms with Crippen LogP contribution in [0, 0.1) is 0 Å². The zero-order chi connectivity index (χ0) is 48.8. The van der Waals surface area contributed by atoms with Crippen molar-refractivity contribution in [3.05, 3.63) is 97.2 Å². The van der Waals surface area contributed by atoms with Crippen LogP contribution in [0.25, 0.3) is 0 Å². The van der Waals surface area contributed by atoms with Crippen molar-refractivity contribution < 1.29 is 24.5 Å². The number of carbonyl (C=O) groups is 2. The van der Waals surface area contributed by atoms with Gasteiger partial charge in [-0.2, -0.15) is 0 Å². The summed E-state index contributed by atoms with van der Waals surface area (Å²) in [5.41, 5.74) is 0. The molecule has 384 valence electrons. The molecular weight excluding hydrogens is 827 g/mol. The first-order valence-corrected chi connectivity index (χ1v) is 28.0. The van der Waals surface area contributed by atoms with Gasteiger partial charge in [-0.1, -0.05) is 234 Å². The van der Waals surface area contributed by atoms with Crippen LogP contribution >= 0.6 is 0 Å². The maximum Gasteiger partial charge on any atom is 0.306 e. The quantitative estimate of drug-likeness (QED) is 0.0321. The van der Waals surface area contributed by atoms with Gasteiger partial charge in [0.15, 0.2) is 0 Å². The maximum atomic E-state index is 13.3. The summed E-state index contributed by atoms with van der Waals surface area (Å²) in [5, 5.41) is 23.8. The van der Waals surface area contributed by atoms with Crippen molar-refractivity contribution in [2.45, 2.75) is 270 Å². The number of hydrogen-bond donors (Lipinski definition) is 3. The minimum Gasteiger partial charge on any atom is -0.462 e. The van der Waals surface area contributed by atoms with E-state index in [0.29, 0.717) is 19.3 Å². The van der Waals surface area contributed by atoms with Crippen molar-refractivity contribution in [2.75, 3.05) is 6.61 Å². The summed E-state index contributed by atoms with van der Waals surface area (Å²) in [6.07, 6.45) is 71.8. The molecule has 0 spiro atoms. The number of ether oxygens (including phenoxy) is 1. The van der Waals surface area contributed by atoms with Crippen molar-refractivity contribution in [2.24, 2.45) is 0 Å².